The van der Waals surface area contributed by atoms with Crippen LogP contribution in [0.2, 0.25) is 0 Å². The molecule has 1 saturated carbocycles. The fourth-order valence-corrected chi connectivity index (χ4v) is 2.76. The molecule has 0 radical (unpaired) electrons. The van der Waals surface area contributed by atoms with Gasteiger partial charge in [0.25, 0.3) is 0 Å². The van der Waals surface area contributed by atoms with Gasteiger partial charge in [-0.25, -0.2) is 0 Å². The van der Waals surface area contributed by atoms with Gasteiger partial charge in [0.05, 0.1) is 6.10 Å². The fourth-order valence-electron chi connectivity index (χ4n) is 2.76. The van der Waals surface area contributed by atoms with E-state index < -0.39 is 0 Å². The van der Waals surface area contributed by atoms with Crippen LogP contribution in [-0.4, -0.2) is 31.6 Å². The maximum absolute atomic E-state index is 12.1. The average molecular weight is 294 g/mol. The Morgan fingerprint density at radius 3 is 2.86 bits per heavy atom. The molecule has 2 atom stereocenters. The summed E-state index contributed by atoms with van der Waals surface area (Å²) in [6, 6.07) is 0. The number of ether oxygens (including phenoxy) is 2. The summed E-state index contributed by atoms with van der Waals surface area (Å²) in [5.74, 6) is 2.92. The molecular formula is C17H26O4. The molecule has 0 N–H and O–H groups in total. The van der Waals surface area contributed by atoms with Gasteiger partial charge in [0.2, 0.25) is 0 Å². The Kier molecular flexibility index (Phi) is 7.63. The topological polar surface area (TPSA) is 52.6 Å². The second-order valence-corrected chi connectivity index (χ2v) is 6.04. The van der Waals surface area contributed by atoms with Gasteiger partial charge in [-0.05, 0) is 19.3 Å². The number of terminal acetylenes is 1. The van der Waals surface area contributed by atoms with E-state index in [1.807, 2.05) is 6.92 Å². The summed E-state index contributed by atoms with van der Waals surface area (Å²) < 4.78 is 10.2. The minimum atomic E-state index is -0.317. The van der Waals surface area contributed by atoms with E-state index in [2.05, 4.69) is 5.92 Å². The highest BCUT2D eigenvalue weighted by Gasteiger charge is 2.35. The van der Waals surface area contributed by atoms with E-state index >= 15 is 0 Å². The van der Waals surface area contributed by atoms with Gasteiger partial charge in [-0.3, -0.25) is 9.59 Å². The predicted molar refractivity (Wildman–Crippen MR) is 80.6 cm³/mol. The molecule has 4 nitrogen and oxygen atoms in total. The molecule has 0 aromatic rings. The molecule has 0 spiro atoms. The Bertz CT molecular complexity index is 396. The zero-order valence-corrected chi connectivity index (χ0v) is 13.2. The highest BCUT2D eigenvalue weighted by atomic mass is 16.7. The van der Waals surface area contributed by atoms with E-state index in [-0.39, 0.29) is 30.5 Å². The Balaban J connectivity index is 2.41. The van der Waals surface area contributed by atoms with Crippen LogP contribution >= 0.6 is 0 Å². The van der Waals surface area contributed by atoms with Crippen molar-refractivity contribution in [3.8, 4) is 12.3 Å². The number of Topliss-reactive ketones (excluding diaryl/α,β-unsaturated/α-hetero) is 2. The molecule has 0 aromatic heterocycles. The summed E-state index contributed by atoms with van der Waals surface area (Å²) in [5, 5.41) is 0. The van der Waals surface area contributed by atoms with Crippen molar-refractivity contribution in [3.05, 3.63) is 0 Å². The maximum atomic E-state index is 12.1. The minimum Gasteiger partial charge on any atom is -0.359 e. The number of hydrogen-bond donors (Lipinski definition) is 0. The summed E-state index contributed by atoms with van der Waals surface area (Å²) in [7, 11) is 1.53. The van der Waals surface area contributed by atoms with Gasteiger partial charge in [0.15, 0.2) is 0 Å². The highest BCUT2D eigenvalue weighted by molar-refractivity contribution is 5.86. The van der Waals surface area contributed by atoms with Crippen molar-refractivity contribution in [2.75, 3.05) is 13.9 Å². The largest absolute Gasteiger partial charge is 0.359 e. The monoisotopic (exact) mass is 294 g/mol. The molecule has 1 fully saturated rings. The van der Waals surface area contributed by atoms with Crippen molar-refractivity contribution < 1.29 is 19.1 Å². The lowest BCUT2D eigenvalue weighted by molar-refractivity contribution is -0.132. The lowest BCUT2D eigenvalue weighted by Gasteiger charge is -2.31. The van der Waals surface area contributed by atoms with E-state index in [4.69, 9.17) is 15.9 Å². The van der Waals surface area contributed by atoms with Gasteiger partial charge >= 0.3 is 0 Å². The van der Waals surface area contributed by atoms with E-state index in [9.17, 15) is 9.59 Å². The average Bonchev–Trinajstić information content (AvgIpc) is 2.46. The van der Waals surface area contributed by atoms with Gasteiger partial charge in [-0.2, -0.15) is 0 Å². The zero-order valence-electron chi connectivity index (χ0n) is 13.2. The van der Waals surface area contributed by atoms with E-state index in [0.717, 1.165) is 19.3 Å². The van der Waals surface area contributed by atoms with Crippen LogP contribution in [0, 0.1) is 17.8 Å². The molecule has 118 valence electrons. The maximum Gasteiger partial charge on any atom is 0.146 e. The second kappa shape index (κ2) is 8.96. The van der Waals surface area contributed by atoms with Crippen molar-refractivity contribution in [1.82, 2.24) is 0 Å². The smallest absolute Gasteiger partial charge is 0.146 e. The van der Waals surface area contributed by atoms with E-state index in [1.165, 1.54) is 7.11 Å². The van der Waals surface area contributed by atoms with Crippen molar-refractivity contribution in [2.45, 2.75) is 64.4 Å². The molecule has 0 aromatic carbocycles. The molecule has 21 heavy (non-hydrogen) atoms. The summed E-state index contributed by atoms with van der Waals surface area (Å²) in [6.45, 7) is 2.12. The van der Waals surface area contributed by atoms with Crippen molar-refractivity contribution in [3.63, 3.8) is 0 Å². The number of rotatable bonds is 9. The second-order valence-electron chi connectivity index (χ2n) is 6.04. The summed E-state index contributed by atoms with van der Waals surface area (Å²) >= 11 is 0. The number of ketones is 2. The number of carbonyl (C=O) groups is 2. The zero-order chi connectivity index (χ0) is 15.7. The Morgan fingerprint density at radius 2 is 2.24 bits per heavy atom. The molecule has 0 aliphatic heterocycles. The van der Waals surface area contributed by atoms with Crippen LogP contribution < -0.4 is 0 Å². The first-order valence-corrected chi connectivity index (χ1v) is 7.61. The van der Waals surface area contributed by atoms with Crippen LogP contribution in [0.5, 0.6) is 0 Å². The van der Waals surface area contributed by atoms with Crippen LogP contribution in [0.3, 0.4) is 0 Å². The van der Waals surface area contributed by atoms with Crippen LogP contribution in [0.4, 0.5) is 0 Å². The van der Waals surface area contributed by atoms with Crippen LogP contribution in [0.25, 0.3) is 0 Å². The standard InChI is InChI=1S/C17H26O4/c1-4-7-15(21-13-20-3)12-14(18)9-11-17(2)10-6-5-8-16(17)19/h1,15H,5-13H2,2-3H3/t15-,17+/m1/s1. The number of hydrogen-bond acceptors (Lipinski definition) is 4. The third-order valence-corrected chi connectivity index (χ3v) is 4.23. The van der Waals surface area contributed by atoms with Gasteiger partial charge in [-0.1, -0.05) is 13.3 Å². The third-order valence-electron chi connectivity index (χ3n) is 4.23. The van der Waals surface area contributed by atoms with E-state index in [0.29, 0.717) is 31.5 Å². The molecule has 0 heterocycles. The van der Waals surface area contributed by atoms with Gasteiger partial charge in [-0.15, -0.1) is 12.3 Å². The molecule has 0 bridgehead atoms. The van der Waals surface area contributed by atoms with Crippen LogP contribution in [0.15, 0.2) is 0 Å². The molecule has 1 rings (SSSR count). The molecule has 0 unspecified atom stereocenters. The summed E-state index contributed by atoms with van der Waals surface area (Å²) in [4.78, 5) is 24.1. The lowest BCUT2D eigenvalue weighted by atomic mass is 9.71. The molecule has 1 aliphatic carbocycles. The first kappa shape index (κ1) is 17.9. The minimum absolute atomic E-state index is 0.103. The van der Waals surface area contributed by atoms with Gasteiger partial charge < -0.3 is 9.47 Å². The third kappa shape index (κ3) is 5.99. The Hall–Kier alpha value is -1.18. The molecular weight excluding hydrogens is 268 g/mol. The SMILES string of the molecule is C#CC[C@H](CC(=O)CC[C@]1(C)CCCCC1=O)OCOC. The predicted octanol–water partition coefficient (Wildman–Crippen LogP) is 2.89. The quantitative estimate of drug-likeness (QED) is 0.484. The summed E-state index contributed by atoms with van der Waals surface area (Å²) in [6.07, 6.45) is 10.3. The molecule has 1 aliphatic rings. The van der Waals surface area contributed by atoms with Crippen LogP contribution in [0.1, 0.15) is 58.3 Å². The van der Waals surface area contributed by atoms with Crippen molar-refractivity contribution in [2.24, 2.45) is 5.41 Å². The Morgan fingerprint density at radius 1 is 1.48 bits per heavy atom. The van der Waals surface area contributed by atoms with Gasteiger partial charge in [0.1, 0.15) is 18.4 Å². The lowest BCUT2D eigenvalue weighted by Crippen LogP contribution is -2.32. The van der Waals surface area contributed by atoms with Crippen molar-refractivity contribution in [1.29, 1.82) is 0 Å². The first-order chi connectivity index (χ1) is 10.0. The van der Waals surface area contributed by atoms with Crippen LogP contribution in [-0.2, 0) is 19.1 Å². The normalized spacial score (nSPS) is 23.6. The molecule has 0 amide bonds. The fraction of sp³-hybridized carbons (Fsp3) is 0.765. The van der Waals surface area contributed by atoms with Gasteiger partial charge in [0, 0.05) is 38.2 Å². The Labute approximate surface area is 127 Å². The number of carbonyl (C=O) groups excluding carboxylic acids is 2. The summed E-state index contributed by atoms with van der Waals surface area (Å²) in [5.41, 5.74) is -0.317. The molecule has 4 heteroatoms. The number of methoxy groups -OCH3 is 1. The molecule has 0 saturated heterocycles. The highest BCUT2D eigenvalue weighted by Crippen LogP contribution is 2.37. The van der Waals surface area contributed by atoms with E-state index in [1.54, 1.807) is 0 Å². The van der Waals surface area contributed by atoms with Crippen molar-refractivity contribution >= 4 is 11.6 Å². The first-order valence-electron chi connectivity index (χ1n) is 7.61.